The highest BCUT2D eigenvalue weighted by Gasteiger charge is 2.24. The molecule has 0 aliphatic carbocycles. The van der Waals surface area contributed by atoms with E-state index in [0.717, 1.165) is 55.8 Å². The smallest absolute Gasteiger partial charge is 0.191 e. The number of benzene rings is 2. The summed E-state index contributed by atoms with van der Waals surface area (Å²) in [6, 6.07) is 14.6. The molecule has 1 heterocycles. The Labute approximate surface area is 191 Å². The van der Waals surface area contributed by atoms with Crippen LogP contribution in [0.1, 0.15) is 30.4 Å². The first-order valence-corrected chi connectivity index (χ1v) is 11.1. The number of hydrogen-bond donors (Lipinski definition) is 2. The Kier molecular flexibility index (Phi) is 8.62. The first-order valence-electron chi connectivity index (χ1n) is 11.1. The third kappa shape index (κ3) is 6.29. The lowest BCUT2D eigenvalue weighted by atomic mass is 10.0. The fourth-order valence-electron chi connectivity index (χ4n) is 4.13. The highest BCUT2D eigenvalue weighted by Crippen LogP contribution is 2.26. The molecule has 2 unspecified atom stereocenters. The molecule has 2 N–H and O–H groups in total. The Hall–Kier alpha value is -2.93. The fourth-order valence-corrected chi connectivity index (χ4v) is 4.13. The van der Waals surface area contributed by atoms with E-state index in [4.69, 9.17) is 14.2 Å². The van der Waals surface area contributed by atoms with Crippen LogP contribution < -0.4 is 24.8 Å². The molecule has 0 saturated carbocycles. The van der Waals surface area contributed by atoms with E-state index in [1.807, 2.05) is 31.3 Å². The van der Waals surface area contributed by atoms with E-state index in [1.165, 1.54) is 11.1 Å². The standard InChI is InChI=1S/C25H36N4O3/c1-18(23-8-6-7-9-24(23)32-5)15-27-25(26-2)28-20-10-11-29(17-20)16-19-12-21(30-3)14-22(13-19)31-4/h6-9,12-14,18,20H,10-11,15-17H2,1-5H3,(H2,26,27,28). The van der Waals surface area contributed by atoms with Gasteiger partial charge < -0.3 is 24.8 Å². The molecule has 32 heavy (non-hydrogen) atoms. The molecule has 0 radical (unpaired) electrons. The van der Waals surface area contributed by atoms with E-state index in [1.54, 1.807) is 21.3 Å². The van der Waals surface area contributed by atoms with Gasteiger partial charge in [0.15, 0.2) is 5.96 Å². The molecule has 0 aromatic heterocycles. The predicted molar refractivity (Wildman–Crippen MR) is 129 cm³/mol. The van der Waals surface area contributed by atoms with Gasteiger partial charge in [-0.15, -0.1) is 0 Å². The van der Waals surface area contributed by atoms with E-state index in [0.29, 0.717) is 12.0 Å². The molecular formula is C25H36N4O3. The van der Waals surface area contributed by atoms with Crippen LogP contribution in [-0.2, 0) is 6.54 Å². The number of para-hydroxylation sites is 1. The van der Waals surface area contributed by atoms with Crippen LogP contribution in [0.3, 0.4) is 0 Å². The molecule has 1 saturated heterocycles. The van der Waals surface area contributed by atoms with Crippen molar-refractivity contribution in [2.75, 3.05) is 48.0 Å². The number of likely N-dealkylation sites (tertiary alicyclic amines) is 1. The van der Waals surface area contributed by atoms with Crippen molar-refractivity contribution in [2.24, 2.45) is 4.99 Å². The van der Waals surface area contributed by atoms with Crippen molar-refractivity contribution in [3.05, 3.63) is 53.6 Å². The van der Waals surface area contributed by atoms with Gasteiger partial charge in [0.05, 0.1) is 21.3 Å². The van der Waals surface area contributed by atoms with Crippen LogP contribution in [-0.4, -0.2) is 64.9 Å². The summed E-state index contributed by atoms with van der Waals surface area (Å²) >= 11 is 0. The van der Waals surface area contributed by atoms with Gasteiger partial charge in [-0.25, -0.2) is 0 Å². The maximum absolute atomic E-state index is 5.50. The second-order valence-corrected chi connectivity index (χ2v) is 8.18. The molecule has 0 spiro atoms. The number of methoxy groups -OCH3 is 3. The largest absolute Gasteiger partial charge is 0.497 e. The molecule has 1 fully saturated rings. The summed E-state index contributed by atoms with van der Waals surface area (Å²) in [6.45, 7) is 5.83. The first-order chi connectivity index (χ1) is 15.6. The summed E-state index contributed by atoms with van der Waals surface area (Å²) in [7, 11) is 6.90. The van der Waals surface area contributed by atoms with E-state index in [2.05, 4.69) is 45.6 Å². The summed E-state index contributed by atoms with van der Waals surface area (Å²) in [4.78, 5) is 6.87. The van der Waals surface area contributed by atoms with Crippen LogP contribution in [0.5, 0.6) is 17.2 Å². The Morgan fingerprint density at radius 1 is 1.09 bits per heavy atom. The molecule has 0 bridgehead atoms. The second kappa shape index (κ2) is 11.6. The normalized spacial score (nSPS) is 17.7. The molecule has 1 aliphatic heterocycles. The Morgan fingerprint density at radius 2 is 1.81 bits per heavy atom. The third-order valence-electron chi connectivity index (χ3n) is 5.90. The Balaban J connectivity index is 1.51. The van der Waals surface area contributed by atoms with Gasteiger partial charge in [-0.05, 0) is 35.7 Å². The van der Waals surface area contributed by atoms with E-state index >= 15 is 0 Å². The lowest BCUT2D eigenvalue weighted by Crippen LogP contribution is -2.45. The van der Waals surface area contributed by atoms with Crippen molar-refractivity contribution in [3.63, 3.8) is 0 Å². The van der Waals surface area contributed by atoms with Crippen molar-refractivity contribution in [1.29, 1.82) is 0 Å². The molecule has 174 valence electrons. The van der Waals surface area contributed by atoms with E-state index in [-0.39, 0.29) is 0 Å². The van der Waals surface area contributed by atoms with Crippen molar-refractivity contribution in [1.82, 2.24) is 15.5 Å². The SMILES string of the molecule is CN=C(NCC(C)c1ccccc1OC)NC1CCN(Cc2cc(OC)cc(OC)c2)C1. The fraction of sp³-hybridized carbons (Fsp3) is 0.480. The summed E-state index contributed by atoms with van der Waals surface area (Å²) in [5, 5.41) is 7.05. The van der Waals surface area contributed by atoms with Gasteiger partial charge in [0.2, 0.25) is 0 Å². The second-order valence-electron chi connectivity index (χ2n) is 8.18. The summed E-state index contributed by atoms with van der Waals surface area (Å²) < 4.78 is 16.3. The van der Waals surface area contributed by atoms with Gasteiger partial charge in [-0.1, -0.05) is 25.1 Å². The highest BCUT2D eigenvalue weighted by atomic mass is 16.5. The van der Waals surface area contributed by atoms with E-state index in [9.17, 15) is 0 Å². The molecule has 7 nitrogen and oxygen atoms in total. The quantitative estimate of drug-likeness (QED) is 0.461. The zero-order chi connectivity index (χ0) is 22.9. The van der Waals surface area contributed by atoms with Gasteiger partial charge in [-0.3, -0.25) is 9.89 Å². The topological polar surface area (TPSA) is 67.4 Å². The zero-order valence-electron chi connectivity index (χ0n) is 19.9. The molecule has 0 amide bonds. The minimum Gasteiger partial charge on any atom is -0.497 e. The Morgan fingerprint density at radius 3 is 2.47 bits per heavy atom. The number of guanidine groups is 1. The van der Waals surface area contributed by atoms with Gasteiger partial charge >= 0.3 is 0 Å². The number of aliphatic imine (C=N–C) groups is 1. The van der Waals surface area contributed by atoms with Crippen LogP contribution in [0.4, 0.5) is 0 Å². The van der Waals surface area contributed by atoms with E-state index < -0.39 is 0 Å². The van der Waals surface area contributed by atoms with Crippen molar-refractivity contribution < 1.29 is 14.2 Å². The van der Waals surface area contributed by atoms with Gasteiger partial charge in [0.1, 0.15) is 17.2 Å². The van der Waals surface area contributed by atoms with Crippen molar-refractivity contribution in [3.8, 4) is 17.2 Å². The van der Waals surface area contributed by atoms with Crippen molar-refractivity contribution in [2.45, 2.75) is 31.8 Å². The van der Waals surface area contributed by atoms with Crippen molar-refractivity contribution >= 4 is 5.96 Å². The maximum atomic E-state index is 5.50. The van der Waals surface area contributed by atoms with Crippen LogP contribution >= 0.6 is 0 Å². The van der Waals surface area contributed by atoms with Crippen LogP contribution in [0, 0.1) is 0 Å². The molecule has 7 heteroatoms. The molecule has 1 aliphatic rings. The number of nitrogens with one attached hydrogen (secondary N) is 2. The van der Waals surface area contributed by atoms with Gasteiger partial charge in [-0.2, -0.15) is 0 Å². The summed E-state index contributed by atoms with van der Waals surface area (Å²) in [5.41, 5.74) is 2.38. The summed E-state index contributed by atoms with van der Waals surface area (Å²) in [6.07, 6.45) is 1.07. The molecular weight excluding hydrogens is 404 g/mol. The van der Waals surface area contributed by atoms with Gasteiger partial charge in [0.25, 0.3) is 0 Å². The van der Waals surface area contributed by atoms with Gasteiger partial charge in [0, 0.05) is 51.3 Å². The first kappa shape index (κ1) is 23.7. The van der Waals surface area contributed by atoms with Crippen LogP contribution in [0.25, 0.3) is 0 Å². The third-order valence-corrected chi connectivity index (χ3v) is 5.90. The number of rotatable bonds is 9. The lowest BCUT2D eigenvalue weighted by Gasteiger charge is -2.21. The minimum atomic E-state index is 0.299. The molecule has 3 rings (SSSR count). The van der Waals surface area contributed by atoms with Crippen LogP contribution in [0.2, 0.25) is 0 Å². The Bertz CT molecular complexity index is 880. The molecule has 2 aromatic rings. The highest BCUT2D eigenvalue weighted by molar-refractivity contribution is 5.80. The lowest BCUT2D eigenvalue weighted by molar-refractivity contribution is 0.321. The van der Waals surface area contributed by atoms with Crippen LogP contribution in [0.15, 0.2) is 47.5 Å². The number of nitrogens with zero attached hydrogens (tertiary/aromatic N) is 2. The minimum absolute atomic E-state index is 0.299. The predicted octanol–water partition coefficient (Wildman–Crippen LogP) is 3.26. The average Bonchev–Trinajstić information content (AvgIpc) is 3.27. The number of hydrogen-bond acceptors (Lipinski definition) is 5. The number of ether oxygens (including phenoxy) is 3. The monoisotopic (exact) mass is 440 g/mol. The summed E-state index contributed by atoms with van der Waals surface area (Å²) in [5.74, 6) is 3.70. The molecule has 2 atom stereocenters. The molecule has 2 aromatic carbocycles. The zero-order valence-corrected chi connectivity index (χ0v) is 19.9. The maximum Gasteiger partial charge on any atom is 0.191 e. The average molecular weight is 441 g/mol.